The molecule has 170 valence electrons. The van der Waals surface area contributed by atoms with Gasteiger partial charge in [-0.25, -0.2) is 18.7 Å². The largest absolute Gasteiger partial charge is 0.484 e. The fourth-order valence-electron chi connectivity index (χ4n) is 3.63. The Labute approximate surface area is 183 Å². The molecule has 2 amide bonds. The van der Waals surface area contributed by atoms with Gasteiger partial charge in [0.15, 0.2) is 6.10 Å². The highest BCUT2D eigenvalue weighted by Crippen LogP contribution is 2.34. The second-order valence-corrected chi connectivity index (χ2v) is 8.16. The summed E-state index contributed by atoms with van der Waals surface area (Å²) in [4.78, 5) is 32.8. The molecule has 2 fully saturated rings. The molecule has 8 nitrogen and oxygen atoms in total. The van der Waals surface area contributed by atoms with Crippen LogP contribution in [0, 0.1) is 12.8 Å². The van der Waals surface area contributed by atoms with Gasteiger partial charge in [0.05, 0.1) is 12.2 Å². The zero-order valence-electron chi connectivity index (χ0n) is 17.6. The molecule has 0 bridgehead atoms. The molecule has 1 saturated heterocycles. The predicted octanol–water partition coefficient (Wildman–Crippen LogP) is 2.41. The number of nitrogens with one attached hydrogen (secondary N) is 1. The van der Waals surface area contributed by atoms with Crippen LogP contribution >= 0.6 is 0 Å². The van der Waals surface area contributed by atoms with E-state index in [0.29, 0.717) is 22.8 Å². The minimum absolute atomic E-state index is 0.0457. The quantitative estimate of drug-likeness (QED) is 0.706. The smallest absolute Gasteiger partial charge is 0.301 e. The average Bonchev–Trinajstić information content (AvgIpc) is 3.61. The summed E-state index contributed by atoms with van der Waals surface area (Å²) in [6, 6.07) is 6.75. The number of alkyl halides is 2. The van der Waals surface area contributed by atoms with Gasteiger partial charge in [-0.05, 0) is 43.5 Å². The SMILES string of the molecule is Cc1cc(-c2cc(NC(=O)C3CC3)ncn2)ccc1O[C@H]1CCN(C(=O)CO)CC1(F)F. The Morgan fingerprint density at radius 3 is 2.69 bits per heavy atom. The molecule has 32 heavy (non-hydrogen) atoms. The van der Waals surface area contributed by atoms with E-state index in [2.05, 4.69) is 15.3 Å². The molecule has 4 rings (SSSR count). The maximum atomic E-state index is 14.5. The summed E-state index contributed by atoms with van der Waals surface area (Å²) in [7, 11) is 0. The second-order valence-electron chi connectivity index (χ2n) is 8.16. The average molecular weight is 446 g/mol. The number of ether oxygens (including phenoxy) is 1. The first-order valence-electron chi connectivity index (χ1n) is 10.4. The van der Waals surface area contributed by atoms with Gasteiger partial charge in [-0.1, -0.05) is 0 Å². The van der Waals surface area contributed by atoms with Crippen molar-refractivity contribution in [3.63, 3.8) is 0 Å². The van der Waals surface area contributed by atoms with Crippen LogP contribution in [-0.2, 0) is 9.59 Å². The molecule has 10 heteroatoms. The highest BCUT2D eigenvalue weighted by Gasteiger charge is 2.47. The van der Waals surface area contributed by atoms with E-state index in [4.69, 9.17) is 9.84 Å². The number of hydrogen-bond acceptors (Lipinski definition) is 6. The lowest BCUT2D eigenvalue weighted by atomic mass is 10.0. The van der Waals surface area contributed by atoms with Crippen LogP contribution in [0.1, 0.15) is 24.8 Å². The number of aromatic nitrogens is 2. The highest BCUT2D eigenvalue weighted by atomic mass is 19.3. The maximum Gasteiger partial charge on any atom is 0.301 e. The molecular formula is C22H24F2N4O4. The minimum Gasteiger partial charge on any atom is -0.484 e. The van der Waals surface area contributed by atoms with Crippen LogP contribution in [0.5, 0.6) is 5.75 Å². The number of hydrogen-bond donors (Lipinski definition) is 2. The molecule has 1 saturated carbocycles. The lowest BCUT2D eigenvalue weighted by molar-refractivity contribution is -0.161. The van der Waals surface area contributed by atoms with Gasteiger partial charge in [-0.2, -0.15) is 0 Å². The summed E-state index contributed by atoms with van der Waals surface area (Å²) in [6.45, 7) is 0.257. The lowest BCUT2D eigenvalue weighted by Crippen LogP contribution is -2.55. The van der Waals surface area contributed by atoms with Crippen molar-refractivity contribution in [1.82, 2.24) is 14.9 Å². The zero-order chi connectivity index (χ0) is 22.9. The summed E-state index contributed by atoms with van der Waals surface area (Å²) in [5.74, 6) is -3.23. The molecule has 2 aromatic rings. The van der Waals surface area contributed by atoms with Crippen LogP contribution in [0.15, 0.2) is 30.6 Å². The molecule has 2 aliphatic rings. The normalized spacial score (nSPS) is 20.0. The fraction of sp³-hybridized carbons (Fsp3) is 0.455. The lowest BCUT2D eigenvalue weighted by Gasteiger charge is -2.38. The molecular weight excluding hydrogens is 422 g/mol. The van der Waals surface area contributed by atoms with E-state index < -0.39 is 31.1 Å². The number of likely N-dealkylation sites (tertiary alicyclic amines) is 1. The summed E-state index contributed by atoms with van der Waals surface area (Å²) < 4.78 is 34.7. The highest BCUT2D eigenvalue weighted by molar-refractivity contribution is 5.93. The number of aliphatic hydroxyl groups is 1. The van der Waals surface area contributed by atoms with Gasteiger partial charge in [0.25, 0.3) is 0 Å². The third-order valence-electron chi connectivity index (χ3n) is 5.63. The third kappa shape index (κ3) is 4.85. The van der Waals surface area contributed by atoms with Crippen molar-refractivity contribution in [2.75, 3.05) is 25.0 Å². The molecule has 2 N–H and O–H groups in total. The van der Waals surface area contributed by atoms with Crippen molar-refractivity contribution >= 4 is 17.6 Å². The topological polar surface area (TPSA) is 105 Å². The van der Waals surface area contributed by atoms with Crippen LogP contribution in [0.4, 0.5) is 14.6 Å². The summed E-state index contributed by atoms with van der Waals surface area (Å²) in [5.41, 5.74) is 1.96. The Hall–Kier alpha value is -3.14. The number of carbonyl (C=O) groups is 2. The first-order valence-corrected chi connectivity index (χ1v) is 10.4. The van der Waals surface area contributed by atoms with Crippen molar-refractivity contribution < 1.29 is 28.2 Å². The summed E-state index contributed by atoms with van der Waals surface area (Å²) in [6.07, 6.45) is 1.72. The number of rotatable bonds is 6. The van der Waals surface area contributed by atoms with Crippen LogP contribution in [0.3, 0.4) is 0 Å². The number of halogens is 2. The molecule has 2 heterocycles. The van der Waals surface area contributed by atoms with Crippen molar-refractivity contribution in [2.24, 2.45) is 5.92 Å². The van der Waals surface area contributed by atoms with Gasteiger partial charge in [-0.3, -0.25) is 9.59 Å². The fourth-order valence-corrected chi connectivity index (χ4v) is 3.63. The number of nitrogens with zero attached hydrogens (tertiary/aromatic N) is 3. The van der Waals surface area contributed by atoms with Gasteiger partial charge >= 0.3 is 5.92 Å². The maximum absolute atomic E-state index is 14.5. The number of aliphatic hydroxyl groups excluding tert-OH is 1. The van der Waals surface area contributed by atoms with Crippen molar-refractivity contribution in [3.8, 4) is 17.0 Å². The third-order valence-corrected chi connectivity index (χ3v) is 5.63. The van der Waals surface area contributed by atoms with Gasteiger partial charge in [0, 0.05) is 30.5 Å². The van der Waals surface area contributed by atoms with E-state index in [9.17, 15) is 18.4 Å². The minimum atomic E-state index is -3.24. The molecule has 1 aromatic heterocycles. The van der Waals surface area contributed by atoms with E-state index in [-0.39, 0.29) is 24.8 Å². The van der Waals surface area contributed by atoms with E-state index >= 15 is 0 Å². The number of anilines is 1. The molecule has 1 aromatic carbocycles. The molecule has 1 aliphatic heterocycles. The first-order chi connectivity index (χ1) is 15.3. The molecule has 1 atom stereocenters. The Morgan fingerprint density at radius 2 is 2.03 bits per heavy atom. The summed E-state index contributed by atoms with van der Waals surface area (Å²) in [5, 5.41) is 11.7. The Kier molecular flexibility index (Phi) is 6.05. The van der Waals surface area contributed by atoms with Crippen molar-refractivity contribution in [1.29, 1.82) is 0 Å². The van der Waals surface area contributed by atoms with E-state index in [1.807, 2.05) is 0 Å². The van der Waals surface area contributed by atoms with Crippen LogP contribution in [-0.4, -0.2) is 63.5 Å². The monoisotopic (exact) mass is 446 g/mol. The van der Waals surface area contributed by atoms with E-state index in [1.54, 1.807) is 31.2 Å². The Bertz CT molecular complexity index is 1030. The molecule has 0 radical (unpaired) electrons. The predicted molar refractivity (Wildman–Crippen MR) is 111 cm³/mol. The number of aryl methyl sites for hydroxylation is 1. The number of carbonyl (C=O) groups excluding carboxylic acids is 2. The second kappa shape index (κ2) is 8.78. The Morgan fingerprint density at radius 1 is 1.25 bits per heavy atom. The van der Waals surface area contributed by atoms with E-state index in [0.717, 1.165) is 23.3 Å². The van der Waals surface area contributed by atoms with Gasteiger partial charge in [0.1, 0.15) is 24.5 Å². The number of amides is 2. The zero-order valence-corrected chi connectivity index (χ0v) is 17.6. The van der Waals surface area contributed by atoms with Gasteiger partial charge in [-0.15, -0.1) is 0 Å². The molecule has 1 aliphatic carbocycles. The Balaban J connectivity index is 1.46. The first kappa shape index (κ1) is 22.1. The van der Waals surface area contributed by atoms with Crippen LogP contribution in [0.25, 0.3) is 11.3 Å². The molecule has 0 spiro atoms. The summed E-state index contributed by atoms with van der Waals surface area (Å²) >= 11 is 0. The molecule has 0 unspecified atom stereocenters. The number of benzene rings is 1. The number of piperidine rings is 1. The van der Waals surface area contributed by atoms with Gasteiger partial charge < -0.3 is 20.1 Å². The van der Waals surface area contributed by atoms with Crippen molar-refractivity contribution in [3.05, 3.63) is 36.2 Å². The van der Waals surface area contributed by atoms with Crippen LogP contribution in [0.2, 0.25) is 0 Å². The van der Waals surface area contributed by atoms with Crippen LogP contribution < -0.4 is 10.1 Å². The van der Waals surface area contributed by atoms with E-state index in [1.165, 1.54) is 6.33 Å². The van der Waals surface area contributed by atoms with Crippen molar-refractivity contribution in [2.45, 2.75) is 38.2 Å². The standard InChI is InChI=1S/C22H24F2N4O4/c1-13-8-15(16-9-19(26-12-25-16)27-21(31)14-2-3-14)4-5-17(13)32-18-6-7-28(20(30)10-29)11-22(18,23)24/h4-5,8-9,12,14,18,29H,2-3,6-7,10-11H2,1H3,(H,25,26,27,31)/t18-/m0/s1. The van der Waals surface area contributed by atoms with Gasteiger partial charge in [0.2, 0.25) is 11.8 Å².